The number of aromatic nitrogens is 2. The summed E-state index contributed by atoms with van der Waals surface area (Å²) in [5.41, 5.74) is 1.09. The maximum atomic E-state index is 4.59. The van der Waals surface area contributed by atoms with Crippen molar-refractivity contribution in [2.75, 3.05) is 25.0 Å². The van der Waals surface area contributed by atoms with Gasteiger partial charge in [0.25, 0.3) is 0 Å². The third kappa shape index (κ3) is 5.53. The lowest BCUT2D eigenvalue weighted by molar-refractivity contribution is 0.295. The lowest BCUT2D eigenvalue weighted by atomic mass is 10.2. The highest BCUT2D eigenvalue weighted by Crippen LogP contribution is 2.12. The molecule has 0 aliphatic carbocycles. The molecule has 0 amide bonds. The molecule has 0 saturated heterocycles. The zero-order chi connectivity index (χ0) is 15.0. The molecule has 0 spiro atoms. The van der Waals surface area contributed by atoms with Gasteiger partial charge in [0.2, 0.25) is 5.95 Å². The maximum Gasteiger partial charge on any atom is 0.203 e. The average molecular weight is 280 g/mol. The van der Waals surface area contributed by atoms with Gasteiger partial charge in [-0.05, 0) is 52.7 Å². The summed E-state index contributed by atoms with van der Waals surface area (Å²) in [4.78, 5) is 7.07. The van der Waals surface area contributed by atoms with Crippen LogP contribution < -0.4 is 5.32 Å². The van der Waals surface area contributed by atoms with E-state index in [0.717, 1.165) is 37.7 Å². The highest BCUT2D eigenvalue weighted by molar-refractivity contribution is 5.29. The fourth-order valence-corrected chi connectivity index (χ4v) is 2.53. The Labute approximate surface area is 124 Å². The van der Waals surface area contributed by atoms with E-state index in [1.165, 1.54) is 19.4 Å². The van der Waals surface area contributed by atoms with Crippen LogP contribution in [0.4, 0.5) is 5.95 Å². The highest BCUT2D eigenvalue weighted by atomic mass is 15.2. The molecular weight excluding hydrogens is 248 g/mol. The van der Waals surface area contributed by atoms with Gasteiger partial charge in [-0.25, -0.2) is 4.98 Å². The first-order valence-corrected chi connectivity index (χ1v) is 8.13. The van der Waals surface area contributed by atoms with Crippen molar-refractivity contribution in [2.24, 2.45) is 0 Å². The van der Waals surface area contributed by atoms with E-state index in [1.54, 1.807) is 0 Å². The van der Waals surface area contributed by atoms with Gasteiger partial charge in [0, 0.05) is 18.8 Å². The molecule has 1 heterocycles. The summed E-state index contributed by atoms with van der Waals surface area (Å²) < 4.78 is 2.23. The molecule has 0 bridgehead atoms. The highest BCUT2D eigenvalue weighted by Gasteiger charge is 2.09. The van der Waals surface area contributed by atoms with E-state index in [0.29, 0.717) is 6.04 Å². The second kappa shape index (κ2) is 9.01. The van der Waals surface area contributed by atoms with E-state index in [1.807, 2.05) is 0 Å². The second-order valence-electron chi connectivity index (χ2n) is 5.61. The quantitative estimate of drug-likeness (QED) is 0.712. The smallest absolute Gasteiger partial charge is 0.203 e. The van der Waals surface area contributed by atoms with Gasteiger partial charge < -0.3 is 14.8 Å². The predicted octanol–water partition coefficient (Wildman–Crippen LogP) is 3.52. The predicted molar refractivity (Wildman–Crippen MR) is 87.4 cm³/mol. The minimum Gasteiger partial charge on any atom is -0.353 e. The Hall–Kier alpha value is -1.03. The summed E-state index contributed by atoms with van der Waals surface area (Å²) in [6, 6.07) is 0.475. The summed E-state index contributed by atoms with van der Waals surface area (Å²) in [7, 11) is 0. The minimum absolute atomic E-state index is 0.475. The SMILES string of the molecule is CCCn1cc(C)nc1NC(C)CCCN(CC)CC. The van der Waals surface area contributed by atoms with Crippen LogP contribution in [0.5, 0.6) is 0 Å². The van der Waals surface area contributed by atoms with Crippen molar-refractivity contribution < 1.29 is 0 Å². The Kier molecular flexibility index (Phi) is 7.67. The van der Waals surface area contributed by atoms with Crippen molar-refractivity contribution in [3.8, 4) is 0 Å². The summed E-state index contributed by atoms with van der Waals surface area (Å²) in [6.07, 6.45) is 5.70. The Morgan fingerprint density at radius 2 is 2.00 bits per heavy atom. The van der Waals surface area contributed by atoms with Crippen molar-refractivity contribution in [3.63, 3.8) is 0 Å². The van der Waals surface area contributed by atoms with Gasteiger partial charge in [-0.1, -0.05) is 20.8 Å². The Morgan fingerprint density at radius 1 is 1.30 bits per heavy atom. The lowest BCUT2D eigenvalue weighted by Gasteiger charge is -2.20. The standard InChI is InChI=1S/C16H32N4/c1-6-11-20-13-15(5)18-16(20)17-14(4)10-9-12-19(7-2)8-3/h13-14H,6-12H2,1-5H3,(H,17,18). The number of nitrogens with zero attached hydrogens (tertiary/aromatic N) is 3. The van der Waals surface area contributed by atoms with E-state index < -0.39 is 0 Å². The van der Waals surface area contributed by atoms with Gasteiger partial charge in [-0.2, -0.15) is 0 Å². The normalized spacial score (nSPS) is 12.9. The molecule has 1 N–H and O–H groups in total. The van der Waals surface area contributed by atoms with Gasteiger partial charge in [-0.3, -0.25) is 0 Å². The van der Waals surface area contributed by atoms with E-state index in [9.17, 15) is 0 Å². The number of hydrogen-bond acceptors (Lipinski definition) is 3. The van der Waals surface area contributed by atoms with Crippen molar-refractivity contribution >= 4 is 5.95 Å². The molecule has 1 unspecified atom stereocenters. The van der Waals surface area contributed by atoms with Crippen molar-refractivity contribution in [3.05, 3.63) is 11.9 Å². The summed E-state index contributed by atoms with van der Waals surface area (Å²) in [5, 5.41) is 3.56. The van der Waals surface area contributed by atoms with Gasteiger partial charge >= 0.3 is 0 Å². The third-order valence-electron chi connectivity index (χ3n) is 3.74. The molecule has 1 aromatic heterocycles. The number of rotatable bonds is 10. The molecule has 1 rings (SSSR count). The minimum atomic E-state index is 0.475. The van der Waals surface area contributed by atoms with Crippen molar-refractivity contribution in [2.45, 2.75) is 66.5 Å². The molecule has 0 aliphatic heterocycles. The first kappa shape index (κ1) is 17.0. The zero-order valence-electron chi connectivity index (χ0n) is 13.9. The largest absolute Gasteiger partial charge is 0.353 e. The van der Waals surface area contributed by atoms with Crippen LogP contribution in [0, 0.1) is 6.92 Å². The third-order valence-corrected chi connectivity index (χ3v) is 3.74. The Balaban J connectivity index is 2.40. The van der Waals surface area contributed by atoms with Crippen molar-refractivity contribution in [1.29, 1.82) is 0 Å². The summed E-state index contributed by atoms with van der Waals surface area (Å²) >= 11 is 0. The molecule has 0 saturated carbocycles. The van der Waals surface area contributed by atoms with E-state index in [-0.39, 0.29) is 0 Å². The van der Waals surface area contributed by atoms with Crippen LogP contribution in [0.3, 0.4) is 0 Å². The molecule has 0 fully saturated rings. The van der Waals surface area contributed by atoms with Crippen LogP contribution in [0.1, 0.15) is 52.7 Å². The fourth-order valence-electron chi connectivity index (χ4n) is 2.53. The molecule has 4 nitrogen and oxygen atoms in total. The molecule has 116 valence electrons. The lowest BCUT2D eigenvalue weighted by Crippen LogP contribution is -2.26. The second-order valence-corrected chi connectivity index (χ2v) is 5.61. The number of imidazole rings is 1. The number of hydrogen-bond donors (Lipinski definition) is 1. The van der Waals surface area contributed by atoms with Gasteiger partial charge in [0.15, 0.2) is 0 Å². The van der Waals surface area contributed by atoms with Crippen LogP contribution in [0.25, 0.3) is 0 Å². The number of anilines is 1. The first-order valence-electron chi connectivity index (χ1n) is 8.13. The monoisotopic (exact) mass is 280 g/mol. The molecule has 20 heavy (non-hydrogen) atoms. The fraction of sp³-hybridized carbons (Fsp3) is 0.812. The molecule has 0 radical (unpaired) electrons. The average Bonchev–Trinajstić information content (AvgIpc) is 2.75. The molecule has 0 aromatic carbocycles. The summed E-state index contributed by atoms with van der Waals surface area (Å²) in [5.74, 6) is 1.03. The number of nitrogens with one attached hydrogen (secondary N) is 1. The van der Waals surface area contributed by atoms with Crippen LogP contribution in [0.2, 0.25) is 0 Å². The van der Waals surface area contributed by atoms with Crippen LogP contribution in [-0.4, -0.2) is 40.1 Å². The zero-order valence-corrected chi connectivity index (χ0v) is 13.9. The Morgan fingerprint density at radius 3 is 2.60 bits per heavy atom. The van der Waals surface area contributed by atoms with E-state index >= 15 is 0 Å². The molecular formula is C16H32N4. The van der Waals surface area contributed by atoms with Crippen LogP contribution >= 0.6 is 0 Å². The topological polar surface area (TPSA) is 33.1 Å². The van der Waals surface area contributed by atoms with Crippen LogP contribution in [0.15, 0.2) is 6.20 Å². The molecule has 4 heteroatoms. The molecule has 1 atom stereocenters. The van der Waals surface area contributed by atoms with Crippen LogP contribution in [-0.2, 0) is 6.54 Å². The molecule has 1 aromatic rings. The van der Waals surface area contributed by atoms with Gasteiger partial charge in [0.05, 0.1) is 5.69 Å². The Bertz CT molecular complexity index is 369. The summed E-state index contributed by atoms with van der Waals surface area (Å²) in [6.45, 7) is 15.5. The van der Waals surface area contributed by atoms with Gasteiger partial charge in [-0.15, -0.1) is 0 Å². The van der Waals surface area contributed by atoms with E-state index in [2.05, 4.69) is 60.6 Å². The van der Waals surface area contributed by atoms with Gasteiger partial charge in [0.1, 0.15) is 0 Å². The van der Waals surface area contributed by atoms with Crippen molar-refractivity contribution in [1.82, 2.24) is 14.5 Å². The molecule has 0 aliphatic rings. The van der Waals surface area contributed by atoms with E-state index in [4.69, 9.17) is 0 Å². The first-order chi connectivity index (χ1) is 9.60. The maximum absolute atomic E-state index is 4.59. The number of aryl methyl sites for hydroxylation is 2.